The summed E-state index contributed by atoms with van der Waals surface area (Å²) in [5, 5.41) is 23.2. The maximum atomic E-state index is 12.5. The zero-order valence-electron chi connectivity index (χ0n) is 47.7. The van der Waals surface area contributed by atoms with Crippen LogP contribution in [0, 0.1) is 0 Å². The lowest BCUT2D eigenvalue weighted by atomic mass is 10.0. The fourth-order valence-electron chi connectivity index (χ4n) is 9.78. The fourth-order valence-corrected chi connectivity index (χ4v) is 9.78. The van der Waals surface area contributed by atoms with Crippen molar-refractivity contribution in [1.29, 1.82) is 0 Å². The Kier molecular flexibility index (Phi) is 59.0. The van der Waals surface area contributed by atoms with Crippen molar-refractivity contribution in [2.24, 2.45) is 0 Å². The molecular weight excluding hydrogens is 875 g/mol. The first kappa shape index (κ1) is 69.1. The Morgan fingerprint density at radius 1 is 0.394 bits per heavy atom. The van der Waals surface area contributed by atoms with Crippen LogP contribution in [0.1, 0.15) is 341 Å². The van der Waals surface area contributed by atoms with Crippen LogP contribution < -0.4 is 5.32 Å². The van der Waals surface area contributed by atoms with Crippen molar-refractivity contribution in [2.45, 2.75) is 353 Å². The molecule has 0 heterocycles. The largest absolute Gasteiger partial charge is 0.466 e. The van der Waals surface area contributed by atoms with Gasteiger partial charge in [0.25, 0.3) is 0 Å². The summed E-state index contributed by atoms with van der Waals surface area (Å²) in [5.74, 6) is -0.0814. The van der Waals surface area contributed by atoms with Crippen LogP contribution in [0.5, 0.6) is 0 Å². The molecule has 6 nitrogen and oxygen atoms in total. The Morgan fingerprint density at radius 2 is 0.704 bits per heavy atom. The second-order valence-electron chi connectivity index (χ2n) is 21.7. The zero-order chi connectivity index (χ0) is 51.4. The number of nitrogens with one attached hydrogen (secondary N) is 1. The first-order valence-electron chi connectivity index (χ1n) is 31.8. The van der Waals surface area contributed by atoms with Crippen LogP contribution >= 0.6 is 0 Å². The van der Waals surface area contributed by atoms with Gasteiger partial charge in [-0.15, -0.1) is 0 Å². The van der Waals surface area contributed by atoms with Gasteiger partial charge in [0.15, 0.2) is 0 Å². The van der Waals surface area contributed by atoms with Gasteiger partial charge in [0, 0.05) is 12.8 Å². The lowest BCUT2D eigenvalue weighted by molar-refractivity contribution is -0.143. The number of unbranched alkanes of at least 4 members (excludes halogenated alkanes) is 44. The third kappa shape index (κ3) is 57.2. The molecule has 0 aromatic heterocycles. The first-order valence-corrected chi connectivity index (χ1v) is 31.8. The van der Waals surface area contributed by atoms with E-state index in [9.17, 15) is 19.8 Å². The average Bonchev–Trinajstić information content (AvgIpc) is 3.37. The van der Waals surface area contributed by atoms with Gasteiger partial charge in [-0.25, -0.2) is 0 Å². The minimum absolute atomic E-state index is 0.00729. The third-order valence-corrected chi connectivity index (χ3v) is 14.7. The number of esters is 1. The van der Waals surface area contributed by atoms with Gasteiger partial charge in [-0.1, -0.05) is 301 Å². The molecule has 0 fully saturated rings. The van der Waals surface area contributed by atoms with Gasteiger partial charge in [-0.2, -0.15) is 0 Å². The topological polar surface area (TPSA) is 95.9 Å². The summed E-state index contributed by atoms with van der Waals surface area (Å²) in [7, 11) is 0. The molecule has 0 saturated carbocycles. The summed E-state index contributed by atoms with van der Waals surface area (Å²) in [5.41, 5.74) is 0. The fraction of sp³-hybridized carbons (Fsp3) is 0.877. The molecule has 71 heavy (non-hydrogen) atoms. The number of aliphatic hydroxyl groups is 2. The van der Waals surface area contributed by atoms with E-state index in [0.29, 0.717) is 19.4 Å². The minimum Gasteiger partial charge on any atom is -0.466 e. The van der Waals surface area contributed by atoms with Crippen LogP contribution in [0.15, 0.2) is 36.5 Å². The van der Waals surface area contributed by atoms with E-state index in [1.165, 1.54) is 250 Å². The van der Waals surface area contributed by atoms with Crippen molar-refractivity contribution in [3.8, 4) is 0 Å². The van der Waals surface area contributed by atoms with Gasteiger partial charge >= 0.3 is 5.97 Å². The molecule has 0 spiro atoms. The lowest BCUT2D eigenvalue weighted by Crippen LogP contribution is -2.45. The molecule has 0 aliphatic rings. The van der Waals surface area contributed by atoms with Crippen LogP contribution in [0.2, 0.25) is 0 Å². The molecule has 0 aromatic carbocycles. The molecule has 0 saturated heterocycles. The van der Waals surface area contributed by atoms with Gasteiger partial charge < -0.3 is 20.3 Å². The number of hydrogen-bond acceptors (Lipinski definition) is 5. The van der Waals surface area contributed by atoms with Crippen molar-refractivity contribution in [2.75, 3.05) is 13.2 Å². The SMILES string of the molecule is CCCCCC/C=C\C/C=C\CCCCCCCCCC(=O)OCCCCCCCCCCCCCCCCCC(=O)NC(CO)C(O)/C=C/CCCCCCCCCCCCCCCCCCCCC. The quantitative estimate of drug-likeness (QED) is 0.0321. The Morgan fingerprint density at radius 3 is 1.08 bits per heavy atom. The second kappa shape index (κ2) is 60.6. The Hall–Kier alpha value is -1.92. The van der Waals surface area contributed by atoms with Crippen molar-refractivity contribution < 1.29 is 24.5 Å². The normalized spacial score (nSPS) is 12.8. The van der Waals surface area contributed by atoms with Crippen molar-refractivity contribution in [3.63, 3.8) is 0 Å². The summed E-state index contributed by atoms with van der Waals surface area (Å²) >= 11 is 0. The van der Waals surface area contributed by atoms with Gasteiger partial charge in [0.05, 0.1) is 25.4 Å². The molecule has 2 unspecified atom stereocenters. The Labute approximate surface area is 443 Å². The van der Waals surface area contributed by atoms with Gasteiger partial charge in [0.2, 0.25) is 5.91 Å². The molecule has 0 radical (unpaired) electrons. The van der Waals surface area contributed by atoms with E-state index in [1.807, 2.05) is 6.08 Å². The lowest BCUT2D eigenvalue weighted by Gasteiger charge is -2.20. The molecule has 0 aliphatic heterocycles. The van der Waals surface area contributed by atoms with E-state index in [4.69, 9.17) is 4.74 Å². The van der Waals surface area contributed by atoms with Gasteiger partial charge in [-0.3, -0.25) is 9.59 Å². The summed E-state index contributed by atoms with van der Waals surface area (Å²) in [4.78, 5) is 24.6. The molecule has 418 valence electrons. The Balaban J connectivity index is 3.46. The number of carbonyl (C=O) groups excluding carboxylic acids is 2. The molecule has 0 aromatic rings. The monoisotopic (exact) mass is 998 g/mol. The zero-order valence-corrected chi connectivity index (χ0v) is 47.7. The summed E-state index contributed by atoms with van der Waals surface area (Å²) < 4.78 is 5.49. The van der Waals surface area contributed by atoms with E-state index >= 15 is 0 Å². The highest BCUT2D eigenvalue weighted by Gasteiger charge is 2.18. The van der Waals surface area contributed by atoms with E-state index in [0.717, 1.165) is 64.2 Å². The molecule has 0 aliphatic carbocycles. The first-order chi connectivity index (χ1) is 35.0. The minimum atomic E-state index is -0.852. The predicted octanol–water partition coefficient (Wildman–Crippen LogP) is 20.0. The molecule has 1 amide bonds. The number of aliphatic hydroxyl groups excluding tert-OH is 2. The summed E-state index contributed by atoms with van der Waals surface area (Å²) in [6.07, 6.45) is 76.0. The highest BCUT2D eigenvalue weighted by atomic mass is 16.5. The standard InChI is InChI=1S/C65H123NO5/c1-3-5-7-9-11-13-15-17-19-21-23-24-25-26-29-33-37-41-45-49-53-57-63(68)62(61-67)66-64(69)58-54-50-46-42-38-34-30-28-32-36-40-44-48-52-56-60-71-65(70)59-55-51-47-43-39-35-31-27-22-20-18-16-14-12-10-8-6-4-2/h14,16,20,22,53,57,62-63,67-68H,3-13,15,17-19,21,23-52,54-56,58-61H2,1-2H3,(H,66,69)/b16-14-,22-20-,57-53+. The number of hydrogen-bond donors (Lipinski definition) is 3. The number of allylic oxidation sites excluding steroid dienone is 5. The van der Waals surface area contributed by atoms with Crippen LogP contribution in [-0.4, -0.2) is 47.4 Å². The highest BCUT2D eigenvalue weighted by molar-refractivity contribution is 5.76. The predicted molar refractivity (Wildman–Crippen MR) is 310 cm³/mol. The highest BCUT2D eigenvalue weighted by Crippen LogP contribution is 2.17. The van der Waals surface area contributed by atoms with Crippen molar-refractivity contribution in [1.82, 2.24) is 5.32 Å². The van der Waals surface area contributed by atoms with Gasteiger partial charge in [0.1, 0.15) is 0 Å². The van der Waals surface area contributed by atoms with Crippen molar-refractivity contribution >= 4 is 11.9 Å². The Bertz CT molecular complexity index is 1150. The number of ether oxygens (including phenoxy) is 1. The van der Waals surface area contributed by atoms with E-state index in [1.54, 1.807) is 6.08 Å². The molecule has 0 bridgehead atoms. The third-order valence-electron chi connectivity index (χ3n) is 14.7. The summed E-state index contributed by atoms with van der Waals surface area (Å²) in [6.45, 7) is 4.89. The van der Waals surface area contributed by atoms with Crippen molar-refractivity contribution in [3.05, 3.63) is 36.5 Å². The maximum Gasteiger partial charge on any atom is 0.305 e. The maximum absolute atomic E-state index is 12.5. The second-order valence-corrected chi connectivity index (χ2v) is 21.7. The number of amides is 1. The van der Waals surface area contributed by atoms with Crippen LogP contribution in [0.4, 0.5) is 0 Å². The van der Waals surface area contributed by atoms with Gasteiger partial charge in [-0.05, 0) is 64.2 Å². The van der Waals surface area contributed by atoms with Crippen LogP contribution in [0.3, 0.4) is 0 Å². The molecule has 2 atom stereocenters. The van der Waals surface area contributed by atoms with E-state index < -0.39 is 12.1 Å². The number of rotatable bonds is 59. The smallest absolute Gasteiger partial charge is 0.305 e. The molecular formula is C65H123NO5. The molecule has 0 rings (SSSR count). The molecule has 3 N–H and O–H groups in total. The summed E-state index contributed by atoms with van der Waals surface area (Å²) in [6, 6.07) is -0.636. The number of carbonyl (C=O) groups is 2. The average molecular weight is 999 g/mol. The van der Waals surface area contributed by atoms with E-state index in [2.05, 4.69) is 43.5 Å². The molecule has 6 heteroatoms. The van der Waals surface area contributed by atoms with E-state index in [-0.39, 0.29) is 18.5 Å². The van der Waals surface area contributed by atoms with Crippen LogP contribution in [0.25, 0.3) is 0 Å². The van der Waals surface area contributed by atoms with Crippen LogP contribution in [-0.2, 0) is 14.3 Å².